The topological polar surface area (TPSA) is 68.0 Å². The van der Waals surface area contributed by atoms with Crippen molar-refractivity contribution in [2.75, 3.05) is 0 Å². The molecule has 0 aliphatic carbocycles. The van der Waals surface area contributed by atoms with Crippen molar-refractivity contribution in [1.82, 2.24) is 14.8 Å². The van der Waals surface area contributed by atoms with Gasteiger partial charge >= 0.3 is 5.97 Å². The number of hydrogen-bond donors (Lipinski definition) is 1. The fourth-order valence-corrected chi connectivity index (χ4v) is 1.94. The lowest BCUT2D eigenvalue weighted by molar-refractivity contribution is -0.138. The Hall–Kier alpha value is -1.04. The van der Waals surface area contributed by atoms with Crippen LogP contribution in [0.4, 0.5) is 0 Å². The van der Waals surface area contributed by atoms with Crippen LogP contribution in [-0.4, -0.2) is 30.6 Å². The molecule has 0 aromatic carbocycles. The van der Waals surface area contributed by atoms with E-state index in [4.69, 9.17) is 5.11 Å². The molecule has 0 atom stereocenters. The molecule has 0 unspecified atom stereocenters. The standard InChI is InChI=1S/C10H17N3O2S/c1-4-5-13-8(11-7-12-13)6-16-10(2,3)9(14)15/h7H,4-6H2,1-3H3,(H,14,15). The van der Waals surface area contributed by atoms with Gasteiger partial charge in [-0.2, -0.15) is 5.10 Å². The minimum atomic E-state index is -0.806. The first-order valence-electron chi connectivity index (χ1n) is 5.21. The number of aliphatic carboxylic acids is 1. The Morgan fingerprint density at radius 3 is 2.88 bits per heavy atom. The van der Waals surface area contributed by atoms with Crippen molar-refractivity contribution in [1.29, 1.82) is 0 Å². The van der Waals surface area contributed by atoms with E-state index in [9.17, 15) is 4.79 Å². The number of nitrogens with zero attached hydrogens (tertiary/aromatic N) is 3. The Bertz CT molecular complexity index is 363. The second-order valence-corrected chi connectivity index (χ2v) is 5.60. The first-order valence-corrected chi connectivity index (χ1v) is 6.20. The summed E-state index contributed by atoms with van der Waals surface area (Å²) in [5.74, 6) is 0.597. The van der Waals surface area contributed by atoms with Gasteiger partial charge in [-0.15, -0.1) is 11.8 Å². The third kappa shape index (κ3) is 3.23. The average molecular weight is 243 g/mol. The molecule has 0 saturated carbocycles. The predicted octanol–water partition coefficient (Wildman–Crippen LogP) is 1.78. The number of aromatic nitrogens is 3. The molecule has 90 valence electrons. The molecule has 0 aliphatic heterocycles. The molecule has 1 heterocycles. The molecule has 0 spiro atoms. The molecule has 0 saturated heterocycles. The summed E-state index contributed by atoms with van der Waals surface area (Å²) < 4.78 is 1.04. The van der Waals surface area contributed by atoms with Crippen molar-refractivity contribution in [3.8, 4) is 0 Å². The Morgan fingerprint density at radius 1 is 1.62 bits per heavy atom. The summed E-state index contributed by atoms with van der Waals surface area (Å²) in [5, 5.41) is 13.1. The quantitative estimate of drug-likeness (QED) is 0.825. The van der Waals surface area contributed by atoms with Crippen LogP contribution < -0.4 is 0 Å². The van der Waals surface area contributed by atoms with E-state index < -0.39 is 10.7 Å². The minimum absolute atomic E-state index is 0.569. The lowest BCUT2D eigenvalue weighted by Crippen LogP contribution is -2.27. The minimum Gasteiger partial charge on any atom is -0.480 e. The van der Waals surface area contributed by atoms with E-state index >= 15 is 0 Å². The van der Waals surface area contributed by atoms with E-state index in [0.29, 0.717) is 5.75 Å². The van der Waals surface area contributed by atoms with Gasteiger partial charge in [-0.25, -0.2) is 9.67 Å². The Balaban J connectivity index is 2.60. The molecule has 1 aromatic heterocycles. The van der Waals surface area contributed by atoms with Crippen molar-refractivity contribution in [3.63, 3.8) is 0 Å². The van der Waals surface area contributed by atoms with Crippen LogP contribution in [0.25, 0.3) is 0 Å². The van der Waals surface area contributed by atoms with E-state index in [1.165, 1.54) is 18.1 Å². The van der Waals surface area contributed by atoms with E-state index in [1.807, 2.05) is 4.68 Å². The maximum atomic E-state index is 10.9. The van der Waals surface area contributed by atoms with Gasteiger partial charge in [-0.3, -0.25) is 4.79 Å². The summed E-state index contributed by atoms with van der Waals surface area (Å²) in [6.45, 7) is 6.28. The lowest BCUT2D eigenvalue weighted by atomic mass is 10.2. The molecule has 0 radical (unpaired) electrons. The van der Waals surface area contributed by atoms with Crippen molar-refractivity contribution < 1.29 is 9.90 Å². The number of carboxylic acid groups (broad SMARTS) is 1. The fourth-order valence-electron chi connectivity index (χ4n) is 1.11. The molecular formula is C10H17N3O2S. The van der Waals surface area contributed by atoms with Crippen LogP contribution in [0.3, 0.4) is 0 Å². The van der Waals surface area contributed by atoms with Gasteiger partial charge in [0.05, 0.1) is 5.75 Å². The highest BCUT2D eigenvalue weighted by Crippen LogP contribution is 2.27. The Kier molecular flexibility index (Phi) is 4.35. The second kappa shape index (κ2) is 5.34. The van der Waals surface area contributed by atoms with Crippen molar-refractivity contribution in [3.05, 3.63) is 12.2 Å². The summed E-state index contributed by atoms with van der Waals surface area (Å²) in [6.07, 6.45) is 2.50. The van der Waals surface area contributed by atoms with E-state index in [-0.39, 0.29) is 0 Å². The van der Waals surface area contributed by atoms with Gasteiger partial charge < -0.3 is 5.11 Å². The highest BCUT2D eigenvalue weighted by molar-refractivity contribution is 8.00. The van der Waals surface area contributed by atoms with Crippen molar-refractivity contribution >= 4 is 17.7 Å². The normalized spacial score (nSPS) is 11.7. The number of carbonyl (C=O) groups is 1. The second-order valence-electron chi connectivity index (χ2n) is 4.00. The maximum Gasteiger partial charge on any atom is 0.319 e. The van der Waals surface area contributed by atoms with Crippen LogP contribution in [0.15, 0.2) is 6.33 Å². The van der Waals surface area contributed by atoms with Crippen LogP contribution in [0.5, 0.6) is 0 Å². The molecule has 0 bridgehead atoms. The van der Waals surface area contributed by atoms with Crippen molar-refractivity contribution in [2.24, 2.45) is 0 Å². The number of thioether (sulfide) groups is 1. The Morgan fingerprint density at radius 2 is 2.31 bits per heavy atom. The summed E-state index contributed by atoms with van der Waals surface area (Å²) >= 11 is 1.36. The van der Waals surface area contributed by atoms with E-state index in [0.717, 1.165) is 18.8 Å². The summed E-state index contributed by atoms with van der Waals surface area (Å²) in [4.78, 5) is 15.1. The monoisotopic (exact) mass is 243 g/mol. The number of aryl methyl sites for hydroxylation is 1. The van der Waals surface area contributed by atoms with Crippen LogP contribution in [-0.2, 0) is 17.1 Å². The molecule has 0 fully saturated rings. The molecule has 16 heavy (non-hydrogen) atoms. The largest absolute Gasteiger partial charge is 0.480 e. The molecule has 6 heteroatoms. The lowest BCUT2D eigenvalue weighted by Gasteiger charge is -2.17. The number of hydrogen-bond acceptors (Lipinski definition) is 4. The fraction of sp³-hybridized carbons (Fsp3) is 0.700. The van der Waals surface area contributed by atoms with Crippen molar-refractivity contribution in [2.45, 2.75) is 44.2 Å². The highest BCUT2D eigenvalue weighted by atomic mass is 32.2. The highest BCUT2D eigenvalue weighted by Gasteiger charge is 2.28. The third-order valence-corrected chi connectivity index (χ3v) is 3.51. The van der Waals surface area contributed by atoms with Gasteiger partial charge in [0.2, 0.25) is 0 Å². The first-order chi connectivity index (χ1) is 7.47. The molecule has 1 rings (SSSR count). The van der Waals surface area contributed by atoms with E-state index in [2.05, 4.69) is 17.0 Å². The van der Waals surface area contributed by atoms with Crippen LogP contribution in [0.2, 0.25) is 0 Å². The third-order valence-electron chi connectivity index (χ3n) is 2.21. The van der Waals surface area contributed by atoms with Gasteiger partial charge in [0.15, 0.2) is 0 Å². The van der Waals surface area contributed by atoms with E-state index in [1.54, 1.807) is 13.8 Å². The molecule has 5 nitrogen and oxygen atoms in total. The molecule has 0 aliphatic rings. The molecule has 0 amide bonds. The first kappa shape index (κ1) is 13.0. The predicted molar refractivity (Wildman–Crippen MR) is 63.3 cm³/mol. The smallest absolute Gasteiger partial charge is 0.319 e. The van der Waals surface area contributed by atoms with Crippen LogP contribution in [0, 0.1) is 0 Å². The summed E-state index contributed by atoms with van der Waals surface area (Å²) in [7, 11) is 0. The SMILES string of the molecule is CCCn1ncnc1CSC(C)(C)C(=O)O. The Labute approximate surface area is 99.3 Å². The number of rotatable bonds is 6. The zero-order valence-electron chi connectivity index (χ0n) is 9.80. The van der Waals surface area contributed by atoms with Gasteiger partial charge in [0, 0.05) is 6.54 Å². The molecular weight excluding hydrogens is 226 g/mol. The summed E-state index contributed by atoms with van der Waals surface area (Å²) in [5.41, 5.74) is 0. The van der Waals surface area contributed by atoms with Gasteiger partial charge in [-0.05, 0) is 20.3 Å². The van der Waals surface area contributed by atoms with Crippen LogP contribution in [0.1, 0.15) is 33.0 Å². The number of carboxylic acids is 1. The van der Waals surface area contributed by atoms with Gasteiger partial charge in [0.25, 0.3) is 0 Å². The van der Waals surface area contributed by atoms with Crippen LogP contribution >= 0.6 is 11.8 Å². The van der Waals surface area contributed by atoms with Gasteiger partial charge in [-0.1, -0.05) is 6.92 Å². The van der Waals surface area contributed by atoms with Gasteiger partial charge in [0.1, 0.15) is 16.9 Å². The molecule has 1 aromatic rings. The molecule has 1 N–H and O–H groups in total. The zero-order chi connectivity index (χ0) is 12.2. The average Bonchev–Trinajstić information content (AvgIpc) is 2.63. The maximum absolute atomic E-state index is 10.9. The zero-order valence-corrected chi connectivity index (χ0v) is 10.6. The summed E-state index contributed by atoms with van der Waals surface area (Å²) in [6, 6.07) is 0.